The molecule has 0 aromatic carbocycles. The minimum atomic E-state index is -0.863. The highest BCUT2D eigenvalue weighted by Crippen LogP contribution is 2.19. The second kappa shape index (κ2) is 5.14. The molecule has 1 N–H and O–H groups in total. The van der Waals surface area contributed by atoms with E-state index in [0.29, 0.717) is 11.3 Å². The summed E-state index contributed by atoms with van der Waals surface area (Å²) in [5, 5.41) is 8.85. The van der Waals surface area contributed by atoms with Gasteiger partial charge >= 0.3 is 5.97 Å². The lowest BCUT2D eigenvalue weighted by molar-refractivity contribution is 0.0702. The van der Waals surface area contributed by atoms with Crippen molar-refractivity contribution in [2.24, 2.45) is 0 Å². The molecule has 0 saturated carbocycles. The van der Waals surface area contributed by atoms with Crippen LogP contribution in [0.4, 0.5) is 0 Å². The van der Waals surface area contributed by atoms with Gasteiger partial charge in [0.15, 0.2) is 0 Å². The van der Waals surface area contributed by atoms with Crippen LogP contribution in [-0.4, -0.2) is 20.6 Å². The van der Waals surface area contributed by atoms with Gasteiger partial charge < -0.3 is 9.67 Å². The maximum atomic E-state index is 10.8. The Kier molecular flexibility index (Phi) is 3.58. The molecule has 0 unspecified atom stereocenters. The van der Waals surface area contributed by atoms with Gasteiger partial charge in [-0.05, 0) is 18.6 Å². The summed E-state index contributed by atoms with van der Waals surface area (Å²) in [7, 11) is 0. The van der Waals surface area contributed by atoms with E-state index < -0.39 is 5.97 Å². The molecule has 0 saturated heterocycles. The predicted molar refractivity (Wildman–Crippen MR) is 66.6 cm³/mol. The van der Waals surface area contributed by atoms with Crippen molar-refractivity contribution < 1.29 is 9.90 Å². The molecule has 0 spiro atoms. The first-order valence-corrected chi connectivity index (χ1v) is 6.34. The number of aromatic nitrogens is 2. The predicted octanol–water partition coefficient (Wildman–Crippen LogP) is 2.64. The van der Waals surface area contributed by atoms with Crippen molar-refractivity contribution in [3.05, 3.63) is 40.1 Å². The Balaban J connectivity index is 2.13. The molecule has 0 atom stereocenters. The van der Waals surface area contributed by atoms with E-state index in [2.05, 4.69) is 16.5 Å². The van der Waals surface area contributed by atoms with Crippen molar-refractivity contribution in [3.8, 4) is 0 Å². The number of carboxylic acids is 1. The molecule has 0 aliphatic carbocycles. The van der Waals surface area contributed by atoms with E-state index in [9.17, 15) is 4.79 Å². The fraction of sp³-hybridized carbons (Fsp3) is 0.333. The summed E-state index contributed by atoms with van der Waals surface area (Å²) in [6, 6.07) is 3.51. The second-order valence-corrected chi connectivity index (χ2v) is 4.95. The number of thiophene rings is 1. The zero-order chi connectivity index (χ0) is 12.3. The van der Waals surface area contributed by atoms with Gasteiger partial charge in [0.2, 0.25) is 0 Å². The minimum absolute atomic E-state index is 0.383. The third-order valence-electron chi connectivity index (χ3n) is 2.47. The fourth-order valence-corrected chi connectivity index (χ4v) is 2.54. The molecule has 2 aromatic heterocycles. The molecule has 4 nitrogen and oxygen atoms in total. The molecule has 0 amide bonds. The molecular formula is C12H14N2O2S. The van der Waals surface area contributed by atoms with Crippen molar-refractivity contribution in [2.45, 2.75) is 26.3 Å². The Hall–Kier alpha value is -1.62. The lowest BCUT2D eigenvalue weighted by Gasteiger charge is -2.04. The Morgan fingerprint density at radius 1 is 1.53 bits per heavy atom. The van der Waals surface area contributed by atoms with Crippen molar-refractivity contribution in [1.82, 2.24) is 9.55 Å². The zero-order valence-corrected chi connectivity index (χ0v) is 10.4. The molecule has 2 heterocycles. The largest absolute Gasteiger partial charge is 0.477 e. The summed E-state index contributed by atoms with van der Waals surface area (Å²) in [5.74, 6) is 0.129. The first-order chi connectivity index (χ1) is 8.20. The Morgan fingerprint density at radius 3 is 3.00 bits per heavy atom. The van der Waals surface area contributed by atoms with Crippen LogP contribution in [0.3, 0.4) is 0 Å². The number of rotatable bonds is 5. The summed E-state index contributed by atoms with van der Waals surface area (Å²) in [5.41, 5.74) is 0. The highest BCUT2D eigenvalue weighted by molar-refractivity contribution is 7.13. The number of carboxylic acid groups (broad SMARTS) is 1. The van der Waals surface area contributed by atoms with Crippen LogP contribution in [0.15, 0.2) is 24.5 Å². The van der Waals surface area contributed by atoms with Crippen LogP contribution in [0.5, 0.6) is 0 Å². The van der Waals surface area contributed by atoms with Crippen LogP contribution >= 0.6 is 11.3 Å². The minimum Gasteiger partial charge on any atom is -0.477 e. The van der Waals surface area contributed by atoms with Crippen molar-refractivity contribution in [1.29, 1.82) is 0 Å². The smallest absolute Gasteiger partial charge is 0.345 e. The first-order valence-electron chi connectivity index (χ1n) is 5.52. The van der Waals surface area contributed by atoms with Gasteiger partial charge in [0.05, 0.1) is 0 Å². The number of aryl methyl sites for hydroxylation is 1. The van der Waals surface area contributed by atoms with Crippen LogP contribution < -0.4 is 0 Å². The third-order valence-corrected chi connectivity index (χ3v) is 3.54. The molecule has 17 heavy (non-hydrogen) atoms. The zero-order valence-electron chi connectivity index (χ0n) is 9.59. The third kappa shape index (κ3) is 2.74. The normalized spacial score (nSPS) is 10.6. The Bertz CT molecular complexity index is 516. The molecule has 0 aliphatic rings. The molecule has 0 bridgehead atoms. The van der Waals surface area contributed by atoms with Gasteiger partial charge in [0, 0.05) is 30.2 Å². The van der Waals surface area contributed by atoms with Crippen molar-refractivity contribution >= 4 is 17.3 Å². The average Bonchev–Trinajstić information content (AvgIpc) is 2.90. The Morgan fingerprint density at radius 2 is 2.35 bits per heavy atom. The van der Waals surface area contributed by atoms with E-state index >= 15 is 0 Å². The van der Waals surface area contributed by atoms with Gasteiger partial charge in [-0.2, -0.15) is 0 Å². The Labute approximate surface area is 104 Å². The molecule has 2 rings (SSSR count). The molecule has 0 fully saturated rings. The van der Waals surface area contributed by atoms with Gasteiger partial charge in [-0.1, -0.05) is 6.92 Å². The van der Waals surface area contributed by atoms with Crippen molar-refractivity contribution in [2.75, 3.05) is 0 Å². The molecule has 0 aliphatic heterocycles. The highest BCUT2D eigenvalue weighted by Gasteiger charge is 2.09. The number of aromatic carboxylic acids is 1. The molecule has 2 aromatic rings. The summed E-state index contributed by atoms with van der Waals surface area (Å²) in [6.07, 6.45) is 5.51. The molecule has 5 heteroatoms. The summed E-state index contributed by atoms with van der Waals surface area (Å²) >= 11 is 1.31. The van der Waals surface area contributed by atoms with Gasteiger partial charge in [-0.25, -0.2) is 9.78 Å². The number of hydrogen-bond acceptors (Lipinski definition) is 3. The van der Waals surface area contributed by atoms with Crippen LogP contribution in [0.1, 0.15) is 33.7 Å². The standard InChI is InChI=1S/C12H14N2O2S/c1-2-6-14-7-5-13-11(14)8-9-3-4-10(17-9)12(15)16/h3-5,7H,2,6,8H2,1H3,(H,15,16). The van der Waals surface area contributed by atoms with Gasteiger partial charge in [0.25, 0.3) is 0 Å². The van der Waals surface area contributed by atoms with E-state index in [1.54, 1.807) is 12.3 Å². The molecule has 0 radical (unpaired) electrons. The number of nitrogens with zero attached hydrogens (tertiary/aromatic N) is 2. The van der Waals surface area contributed by atoms with E-state index in [1.807, 2.05) is 12.3 Å². The second-order valence-electron chi connectivity index (χ2n) is 3.78. The summed E-state index contributed by atoms with van der Waals surface area (Å²) in [6.45, 7) is 3.07. The average molecular weight is 250 g/mol. The van der Waals surface area contributed by atoms with E-state index in [-0.39, 0.29) is 0 Å². The lowest BCUT2D eigenvalue weighted by atomic mass is 10.3. The summed E-state index contributed by atoms with van der Waals surface area (Å²) in [4.78, 5) is 16.5. The number of imidazole rings is 1. The fourth-order valence-electron chi connectivity index (χ4n) is 1.70. The van der Waals surface area contributed by atoms with Crippen LogP contribution in [-0.2, 0) is 13.0 Å². The SMILES string of the molecule is CCCn1ccnc1Cc1ccc(C(=O)O)s1. The molecule has 90 valence electrons. The first kappa shape index (κ1) is 11.9. The van der Waals surface area contributed by atoms with E-state index in [4.69, 9.17) is 5.11 Å². The quantitative estimate of drug-likeness (QED) is 0.887. The van der Waals surface area contributed by atoms with Gasteiger partial charge in [-0.3, -0.25) is 0 Å². The number of hydrogen-bond donors (Lipinski definition) is 1. The van der Waals surface area contributed by atoms with Crippen LogP contribution in [0.2, 0.25) is 0 Å². The lowest BCUT2D eigenvalue weighted by Crippen LogP contribution is -2.02. The van der Waals surface area contributed by atoms with Crippen LogP contribution in [0, 0.1) is 0 Å². The topological polar surface area (TPSA) is 55.1 Å². The summed E-state index contributed by atoms with van der Waals surface area (Å²) < 4.78 is 2.11. The van der Waals surface area contributed by atoms with Gasteiger partial charge in [0.1, 0.15) is 10.7 Å². The van der Waals surface area contributed by atoms with Crippen molar-refractivity contribution in [3.63, 3.8) is 0 Å². The monoisotopic (exact) mass is 250 g/mol. The maximum absolute atomic E-state index is 10.8. The molecular weight excluding hydrogens is 236 g/mol. The van der Waals surface area contributed by atoms with Crippen LogP contribution in [0.25, 0.3) is 0 Å². The van der Waals surface area contributed by atoms with E-state index in [1.165, 1.54) is 11.3 Å². The number of carbonyl (C=O) groups is 1. The van der Waals surface area contributed by atoms with Gasteiger partial charge in [-0.15, -0.1) is 11.3 Å². The maximum Gasteiger partial charge on any atom is 0.345 e. The highest BCUT2D eigenvalue weighted by atomic mass is 32.1. The van der Waals surface area contributed by atoms with E-state index in [0.717, 1.165) is 23.7 Å².